The van der Waals surface area contributed by atoms with Gasteiger partial charge in [0.05, 0.1) is 11.8 Å². The smallest absolute Gasteiger partial charge is 0.307 e. The zero-order chi connectivity index (χ0) is 25.2. The van der Waals surface area contributed by atoms with Crippen LogP contribution in [0.2, 0.25) is 0 Å². The molecular weight excluding hydrogens is 484 g/mol. The lowest BCUT2D eigenvalue weighted by molar-refractivity contribution is -0.153. The van der Waals surface area contributed by atoms with Crippen LogP contribution in [0.5, 0.6) is 0 Å². The fourth-order valence-electron chi connectivity index (χ4n) is 3.98. The lowest BCUT2D eigenvalue weighted by Gasteiger charge is -2.23. The molecule has 192 valence electrons. The number of carboxylic acids is 2. The van der Waals surface area contributed by atoms with Crippen LogP contribution in [0.25, 0.3) is 0 Å². The Morgan fingerprint density at radius 3 is 1.94 bits per heavy atom. The summed E-state index contributed by atoms with van der Waals surface area (Å²) in [6.45, 7) is 3.73. The maximum Gasteiger partial charge on any atom is 0.307 e. The van der Waals surface area contributed by atoms with Crippen LogP contribution in [-0.2, 0) is 9.59 Å². The van der Waals surface area contributed by atoms with E-state index in [1.54, 1.807) is 23.5 Å². The van der Waals surface area contributed by atoms with Gasteiger partial charge in [0.1, 0.15) is 3.53 Å². The van der Waals surface area contributed by atoms with E-state index in [-0.39, 0.29) is 12.3 Å². The summed E-state index contributed by atoms with van der Waals surface area (Å²) in [5.41, 5.74) is 1.03. The van der Waals surface area contributed by atoms with Gasteiger partial charge in [-0.05, 0) is 30.1 Å². The number of unbranched alkanes of at least 4 members (excludes halogenated alkanes) is 9. The first kappa shape index (κ1) is 31.0. The highest BCUT2D eigenvalue weighted by molar-refractivity contribution is 8.47. The molecule has 7 heteroatoms. The van der Waals surface area contributed by atoms with Gasteiger partial charge in [-0.15, -0.1) is 23.5 Å². The number of thiocarbonyl (C=S) groups is 1. The molecule has 4 nitrogen and oxygen atoms in total. The van der Waals surface area contributed by atoms with Crippen molar-refractivity contribution in [1.82, 2.24) is 0 Å². The molecule has 0 spiro atoms. The molecule has 2 N–H and O–H groups in total. The summed E-state index contributed by atoms with van der Waals surface area (Å²) in [4.78, 5) is 23.2. The third kappa shape index (κ3) is 13.7. The normalized spacial score (nSPS) is 13.8. The number of benzene rings is 1. The Kier molecular flexibility index (Phi) is 17.5. The van der Waals surface area contributed by atoms with Gasteiger partial charge in [0.15, 0.2) is 0 Å². The average molecular weight is 527 g/mol. The van der Waals surface area contributed by atoms with E-state index in [9.17, 15) is 19.8 Å². The molecule has 0 aliphatic heterocycles. The van der Waals surface area contributed by atoms with Crippen molar-refractivity contribution < 1.29 is 19.8 Å². The Labute approximate surface area is 220 Å². The Hall–Kier alpha value is -1.05. The van der Waals surface area contributed by atoms with Crippen molar-refractivity contribution in [3.63, 3.8) is 0 Å². The third-order valence-electron chi connectivity index (χ3n) is 6.24. The lowest BCUT2D eigenvalue weighted by atomic mass is 9.83. The van der Waals surface area contributed by atoms with Gasteiger partial charge in [0.25, 0.3) is 0 Å². The average Bonchev–Trinajstić information content (AvgIpc) is 2.82. The number of carboxylic acid groups (broad SMARTS) is 2. The standard InChI is InChI=1S/C27H42O4S3/c1-3-4-5-6-7-8-9-10-11-15-18-33-27(32)34-20-23(22-16-13-12-14-17-22)19-24(26(30)31)21(2)25(28)29/h12-14,16-17,21,23-24H,3-11,15,18-20H2,1-2H3,(H,28,29)(H,30,31). The van der Waals surface area contributed by atoms with Crippen LogP contribution in [0.3, 0.4) is 0 Å². The predicted octanol–water partition coefficient (Wildman–Crippen LogP) is 8.25. The van der Waals surface area contributed by atoms with Gasteiger partial charge >= 0.3 is 11.9 Å². The van der Waals surface area contributed by atoms with Gasteiger partial charge in [-0.2, -0.15) is 0 Å². The molecule has 1 aromatic carbocycles. The van der Waals surface area contributed by atoms with Crippen molar-refractivity contribution in [3.05, 3.63) is 35.9 Å². The van der Waals surface area contributed by atoms with Gasteiger partial charge in [-0.1, -0.05) is 114 Å². The van der Waals surface area contributed by atoms with Crippen molar-refractivity contribution >= 4 is 51.2 Å². The number of thioether (sulfide) groups is 2. The minimum Gasteiger partial charge on any atom is -0.481 e. The second-order valence-corrected chi connectivity index (χ2v) is 12.3. The molecule has 0 aromatic heterocycles. The molecule has 3 atom stereocenters. The zero-order valence-corrected chi connectivity index (χ0v) is 23.2. The number of carbonyl (C=O) groups is 2. The number of aliphatic carboxylic acids is 2. The maximum atomic E-state index is 11.8. The summed E-state index contributed by atoms with van der Waals surface area (Å²) < 4.78 is 0.884. The van der Waals surface area contributed by atoms with Crippen LogP contribution in [0.1, 0.15) is 96.0 Å². The summed E-state index contributed by atoms with van der Waals surface area (Å²) in [6.07, 6.45) is 13.5. The van der Waals surface area contributed by atoms with E-state index in [1.165, 1.54) is 71.1 Å². The van der Waals surface area contributed by atoms with Crippen LogP contribution in [-0.4, -0.2) is 37.2 Å². The van der Waals surface area contributed by atoms with Crippen molar-refractivity contribution in [2.24, 2.45) is 11.8 Å². The molecule has 0 fully saturated rings. The quantitative estimate of drug-likeness (QED) is 0.139. The van der Waals surface area contributed by atoms with Crippen LogP contribution < -0.4 is 0 Å². The van der Waals surface area contributed by atoms with Crippen molar-refractivity contribution in [2.75, 3.05) is 11.5 Å². The summed E-state index contributed by atoms with van der Waals surface area (Å²) >= 11 is 8.87. The fraction of sp³-hybridized carbons (Fsp3) is 0.667. The van der Waals surface area contributed by atoms with Crippen LogP contribution in [0.4, 0.5) is 0 Å². The van der Waals surface area contributed by atoms with Gasteiger partial charge in [-0.3, -0.25) is 9.59 Å². The molecule has 0 aliphatic rings. The second-order valence-electron chi connectivity index (χ2n) is 9.01. The molecule has 1 rings (SSSR count). The monoisotopic (exact) mass is 526 g/mol. The Morgan fingerprint density at radius 1 is 0.853 bits per heavy atom. The van der Waals surface area contributed by atoms with E-state index in [0.29, 0.717) is 5.75 Å². The van der Waals surface area contributed by atoms with E-state index < -0.39 is 23.8 Å². The molecule has 0 saturated heterocycles. The minimum atomic E-state index is -1.07. The molecule has 1 aromatic rings. The molecule has 0 heterocycles. The molecule has 0 saturated carbocycles. The summed E-state index contributed by atoms with van der Waals surface area (Å²) in [7, 11) is 0. The van der Waals surface area contributed by atoms with Crippen molar-refractivity contribution in [3.8, 4) is 0 Å². The highest BCUT2D eigenvalue weighted by Crippen LogP contribution is 2.33. The van der Waals surface area contributed by atoms with Crippen molar-refractivity contribution in [1.29, 1.82) is 0 Å². The number of hydrogen-bond acceptors (Lipinski definition) is 5. The number of hydrogen-bond donors (Lipinski definition) is 2. The Morgan fingerprint density at radius 2 is 1.41 bits per heavy atom. The largest absolute Gasteiger partial charge is 0.481 e. The van der Waals surface area contributed by atoms with E-state index in [1.807, 2.05) is 30.3 Å². The second kappa shape index (κ2) is 19.2. The molecule has 34 heavy (non-hydrogen) atoms. The highest BCUT2D eigenvalue weighted by Gasteiger charge is 2.32. The highest BCUT2D eigenvalue weighted by atomic mass is 32.2. The Balaban J connectivity index is 2.39. The molecule has 0 bridgehead atoms. The van der Waals surface area contributed by atoms with Crippen LogP contribution >= 0.6 is 35.7 Å². The summed E-state index contributed by atoms with van der Waals surface area (Å²) in [5.74, 6) is -2.39. The molecular formula is C27H42O4S3. The number of rotatable bonds is 19. The third-order valence-corrected chi connectivity index (χ3v) is 9.19. The minimum absolute atomic E-state index is 0.0648. The van der Waals surface area contributed by atoms with Crippen LogP contribution in [0, 0.1) is 11.8 Å². The first-order chi connectivity index (χ1) is 16.4. The van der Waals surface area contributed by atoms with Gasteiger partial charge in [0, 0.05) is 5.75 Å². The molecule has 3 unspecified atom stereocenters. The topological polar surface area (TPSA) is 74.6 Å². The van der Waals surface area contributed by atoms with E-state index in [2.05, 4.69) is 6.92 Å². The van der Waals surface area contributed by atoms with Gasteiger partial charge in [0.2, 0.25) is 0 Å². The lowest BCUT2D eigenvalue weighted by Crippen LogP contribution is -2.29. The van der Waals surface area contributed by atoms with Crippen molar-refractivity contribution in [2.45, 2.75) is 90.4 Å². The fourth-order valence-corrected chi connectivity index (χ4v) is 6.40. The molecule has 0 aliphatic carbocycles. The van der Waals surface area contributed by atoms with Gasteiger partial charge in [-0.25, -0.2) is 0 Å². The summed E-state index contributed by atoms with van der Waals surface area (Å²) in [5, 5.41) is 19.0. The van der Waals surface area contributed by atoms with E-state index in [4.69, 9.17) is 12.2 Å². The maximum absolute atomic E-state index is 11.8. The first-order valence-corrected chi connectivity index (χ1v) is 15.0. The summed E-state index contributed by atoms with van der Waals surface area (Å²) in [6, 6.07) is 9.75. The van der Waals surface area contributed by atoms with Crippen LogP contribution in [0.15, 0.2) is 30.3 Å². The van der Waals surface area contributed by atoms with Gasteiger partial charge < -0.3 is 10.2 Å². The van der Waals surface area contributed by atoms with E-state index >= 15 is 0 Å². The van der Waals surface area contributed by atoms with E-state index in [0.717, 1.165) is 14.8 Å². The molecule has 0 radical (unpaired) electrons. The zero-order valence-electron chi connectivity index (χ0n) is 20.7. The Bertz CT molecular complexity index is 711. The predicted molar refractivity (Wildman–Crippen MR) is 151 cm³/mol. The SMILES string of the molecule is CCCCCCCCCCCCSC(=S)SCC(CC(C(=O)O)C(C)C(=O)O)c1ccccc1. The first-order valence-electron chi connectivity index (χ1n) is 12.7. The molecule has 0 amide bonds.